The maximum Gasteiger partial charge on any atom is 0.271 e. The van der Waals surface area contributed by atoms with Crippen LogP contribution in [0.5, 0.6) is 5.75 Å². The minimum absolute atomic E-state index is 0.270. The average molecular weight is 269 g/mol. The van der Waals surface area contributed by atoms with Crippen molar-refractivity contribution >= 4 is 12.1 Å². The summed E-state index contributed by atoms with van der Waals surface area (Å²) in [6.07, 6.45) is 4.88. The summed E-state index contributed by atoms with van der Waals surface area (Å²) in [4.78, 5) is 15.8. The molecule has 1 N–H and O–H groups in total. The summed E-state index contributed by atoms with van der Waals surface area (Å²) in [5.41, 5.74) is 3.80. The number of ether oxygens (including phenoxy) is 1. The molecule has 1 aromatic heterocycles. The molecule has 0 saturated heterocycles. The summed E-state index contributed by atoms with van der Waals surface area (Å²) < 4.78 is 5.31. The van der Waals surface area contributed by atoms with Gasteiger partial charge < -0.3 is 4.74 Å². The number of carbonyl (C=O) groups excluding carboxylic acids is 1. The predicted octanol–water partition coefficient (Wildman–Crippen LogP) is 2.24. The molecule has 5 nitrogen and oxygen atoms in total. The van der Waals surface area contributed by atoms with Crippen molar-refractivity contribution in [3.8, 4) is 5.75 Å². The van der Waals surface area contributed by atoms with Gasteiger partial charge in [-0.2, -0.15) is 5.10 Å². The highest BCUT2D eigenvalue weighted by molar-refractivity contribution is 5.94. The average Bonchev–Trinajstić information content (AvgIpc) is 2.49. The number of amides is 1. The molecule has 0 bridgehead atoms. The Balaban J connectivity index is 1.93. The number of hydrogen-bond acceptors (Lipinski definition) is 4. The first-order valence-electron chi connectivity index (χ1n) is 6.26. The van der Waals surface area contributed by atoms with Crippen molar-refractivity contribution in [3.63, 3.8) is 0 Å². The van der Waals surface area contributed by atoms with Crippen LogP contribution in [0.25, 0.3) is 0 Å². The number of benzene rings is 1. The number of pyridine rings is 1. The van der Waals surface area contributed by atoms with Crippen molar-refractivity contribution in [2.24, 2.45) is 5.10 Å². The van der Waals surface area contributed by atoms with E-state index in [1.807, 2.05) is 13.0 Å². The number of carbonyl (C=O) groups is 1. The van der Waals surface area contributed by atoms with Gasteiger partial charge >= 0.3 is 0 Å². The maximum absolute atomic E-state index is 11.8. The van der Waals surface area contributed by atoms with Gasteiger partial charge in [-0.25, -0.2) is 5.43 Å². The van der Waals surface area contributed by atoms with Crippen LogP contribution in [0, 0.1) is 0 Å². The summed E-state index contributed by atoms with van der Waals surface area (Å²) in [6, 6.07) is 10.5. The van der Waals surface area contributed by atoms with Gasteiger partial charge in [0.05, 0.1) is 12.8 Å². The van der Waals surface area contributed by atoms with E-state index in [0.717, 1.165) is 11.3 Å². The molecule has 0 aliphatic rings. The third-order valence-corrected chi connectivity index (χ3v) is 2.49. The van der Waals surface area contributed by atoms with Crippen LogP contribution >= 0.6 is 0 Å². The fraction of sp³-hybridized carbons (Fsp3) is 0.133. The molecule has 0 saturated carbocycles. The Morgan fingerprint density at radius 1 is 1.35 bits per heavy atom. The number of hydrazone groups is 1. The second kappa shape index (κ2) is 7.04. The molecule has 1 amide bonds. The highest BCUT2D eigenvalue weighted by Crippen LogP contribution is 2.11. The number of nitrogens with zero attached hydrogens (tertiary/aromatic N) is 2. The maximum atomic E-state index is 11.8. The van der Waals surface area contributed by atoms with Gasteiger partial charge in [-0.15, -0.1) is 0 Å². The first kappa shape index (κ1) is 13.7. The zero-order valence-electron chi connectivity index (χ0n) is 11.1. The van der Waals surface area contributed by atoms with Crippen molar-refractivity contribution in [1.82, 2.24) is 10.4 Å². The van der Waals surface area contributed by atoms with Crippen molar-refractivity contribution in [2.45, 2.75) is 6.92 Å². The molecule has 0 unspecified atom stereocenters. The molecule has 0 aliphatic carbocycles. The first-order chi connectivity index (χ1) is 9.79. The van der Waals surface area contributed by atoms with Crippen LogP contribution in [-0.4, -0.2) is 23.7 Å². The van der Waals surface area contributed by atoms with E-state index in [-0.39, 0.29) is 5.91 Å². The molecule has 0 radical (unpaired) electrons. The van der Waals surface area contributed by atoms with Crippen LogP contribution in [0.2, 0.25) is 0 Å². The minimum Gasteiger partial charge on any atom is -0.494 e. The lowest BCUT2D eigenvalue weighted by Gasteiger charge is -2.03. The Bertz CT molecular complexity index is 580. The fourth-order valence-electron chi connectivity index (χ4n) is 1.55. The largest absolute Gasteiger partial charge is 0.494 e. The summed E-state index contributed by atoms with van der Waals surface area (Å²) in [6.45, 7) is 2.51. The summed E-state index contributed by atoms with van der Waals surface area (Å²) >= 11 is 0. The van der Waals surface area contributed by atoms with E-state index < -0.39 is 0 Å². The Labute approximate surface area is 117 Å². The predicted molar refractivity (Wildman–Crippen MR) is 76.9 cm³/mol. The number of rotatable bonds is 5. The smallest absolute Gasteiger partial charge is 0.271 e. The van der Waals surface area contributed by atoms with E-state index in [1.165, 1.54) is 0 Å². The van der Waals surface area contributed by atoms with E-state index >= 15 is 0 Å². The fourth-order valence-corrected chi connectivity index (χ4v) is 1.55. The van der Waals surface area contributed by atoms with Crippen molar-refractivity contribution < 1.29 is 9.53 Å². The van der Waals surface area contributed by atoms with Gasteiger partial charge in [0, 0.05) is 23.5 Å². The van der Waals surface area contributed by atoms with E-state index in [1.54, 1.807) is 48.9 Å². The van der Waals surface area contributed by atoms with E-state index in [0.29, 0.717) is 12.2 Å². The van der Waals surface area contributed by atoms with E-state index in [4.69, 9.17) is 4.74 Å². The van der Waals surface area contributed by atoms with Gasteiger partial charge in [0.15, 0.2) is 0 Å². The zero-order valence-corrected chi connectivity index (χ0v) is 11.1. The molecule has 2 rings (SSSR count). The molecule has 5 heteroatoms. The summed E-state index contributed by atoms with van der Waals surface area (Å²) in [7, 11) is 0. The molecule has 0 spiro atoms. The monoisotopic (exact) mass is 269 g/mol. The lowest BCUT2D eigenvalue weighted by atomic mass is 10.2. The molecular weight excluding hydrogens is 254 g/mol. The van der Waals surface area contributed by atoms with Gasteiger partial charge in [0.1, 0.15) is 5.75 Å². The SMILES string of the molecule is CCOc1ccc(C(=O)N/N=C/c2cccnc2)cc1. The molecule has 102 valence electrons. The van der Waals surface area contributed by atoms with Crippen LogP contribution in [0.1, 0.15) is 22.8 Å². The third-order valence-electron chi connectivity index (χ3n) is 2.49. The molecule has 0 aliphatic heterocycles. The van der Waals surface area contributed by atoms with Gasteiger partial charge in [-0.3, -0.25) is 9.78 Å². The second-order valence-electron chi connectivity index (χ2n) is 3.94. The Morgan fingerprint density at radius 2 is 2.15 bits per heavy atom. The lowest BCUT2D eigenvalue weighted by Crippen LogP contribution is -2.17. The summed E-state index contributed by atoms with van der Waals surface area (Å²) in [5, 5.41) is 3.88. The number of nitrogens with one attached hydrogen (secondary N) is 1. The highest BCUT2D eigenvalue weighted by Gasteiger charge is 2.03. The quantitative estimate of drug-likeness (QED) is 0.669. The Hall–Kier alpha value is -2.69. The molecule has 2 aromatic rings. The Morgan fingerprint density at radius 3 is 2.80 bits per heavy atom. The Kier molecular flexibility index (Phi) is 4.83. The van der Waals surface area contributed by atoms with Crippen LogP contribution in [-0.2, 0) is 0 Å². The third kappa shape index (κ3) is 3.91. The van der Waals surface area contributed by atoms with E-state index in [9.17, 15) is 4.79 Å². The van der Waals surface area contributed by atoms with Crippen LogP contribution in [0.3, 0.4) is 0 Å². The first-order valence-corrected chi connectivity index (χ1v) is 6.26. The standard InChI is InChI=1S/C15H15N3O2/c1-2-20-14-7-5-13(6-8-14)15(19)18-17-11-12-4-3-9-16-10-12/h3-11H,2H2,1H3,(H,18,19)/b17-11+. The number of hydrogen-bond donors (Lipinski definition) is 1. The van der Waals surface area contributed by atoms with Crippen molar-refractivity contribution in [2.75, 3.05) is 6.61 Å². The molecule has 0 atom stereocenters. The summed E-state index contributed by atoms with van der Waals surface area (Å²) in [5.74, 6) is 0.469. The normalized spacial score (nSPS) is 10.4. The van der Waals surface area contributed by atoms with Crippen molar-refractivity contribution in [3.05, 3.63) is 59.9 Å². The molecule has 1 heterocycles. The topological polar surface area (TPSA) is 63.6 Å². The molecule has 20 heavy (non-hydrogen) atoms. The zero-order chi connectivity index (χ0) is 14.2. The highest BCUT2D eigenvalue weighted by atomic mass is 16.5. The van der Waals surface area contributed by atoms with Crippen molar-refractivity contribution in [1.29, 1.82) is 0 Å². The van der Waals surface area contributed by atoms with Crippen LogP contribution < -0.4 is 10.2 Å². The molecule has 1 aromatic carbocycles. The van der Waals surface area contributed by atoms with E-state index in [2.05, 4.69) is 15.5 Å². The van der Waals surface area contributed by atoms with Crippen LogP contribution in [0.15, 0.2) is 53.9 Å². The van der Waals surface area contributed by atoms with Crippen LogP contribution in [0.4, 0.5) is 0 Å². The van der Waals surface area contributed by atoms with Gasteiger partial charge in [-0.05, 0) is 37.3 Å². The van der Waals surface area contributed by atoms with Gasteiger partial charge in [0.25, 0.3) is 5.91 Å². The van der Waals surface area contributed by atoms with Gasteiger partial charge in [0.2, 0.25) is 0 Å². The second-order valence-corrected chi connectivity index (χ2v) is 3.94. The minimum atomic E-state index is -0.270. The lowest BCUT2D eigenvalue weighted by molar-refractivity contribution is 0.0955. The number of aromatic nitrogens is 1. The molecule has 0 fully saturated rings. The molecular formula is C15H15N3O2. The van der Waals surface area contributed by atoms with Gasteiger partial charge in [-0.1, -0.05) is 6.07 Å².